The molecule has 0 radical (unpaired) electrons. The van der Waals surface area contributed by atoms with Crippen molar-refractivity contribution >= 4 is 5.78 Å². The Balaban J connectivity index is 1.52. The second-order valence-electron chi connectivity index (χ2n) is 8.46. The standard InChI is InChI=1S/C18H23O.Hg/c19-13-3-5-14-11(9-13)1-4-16-15(14)7-8-18-10-12(18)2-6-17(16)18;/h9,12,15-17H,1-8,10H2;/t12?,15?,16?,17-,18?;/m0./s1. The first-order valence-electron chi connectivity index (χ1n) is 8.73. The number of carbonyl (C=O) groups excluding carboxylic acids is 1. The molecule has 5 unspecified atom stereocenters. The Labute approximate surface area is 137 Å². The van der Waals surface area contributed by atoms with E-state index in [0.717, 1.165) is 61.6 Å². The predicted octanol–water partition coefficient (Wildman–Crippen LogP) is 4.22. The van der Waals surface area contributed by atoms with Crippen LogP contribution >= 0.6 is 0 Å². The van der Waals surface area contributed by atoms with Gasteiger partial charge in [0.25, 0.3) is 0 Å². The van der Waals surface area contributed by atoms with E-state index in [-0.39, 0.29) is 0 Å². The summed E-state index contributed by atoms with van der Waals surface area (Å²) in [6.45, 7) is 0. The van der Waals surface area contributed by atoms with Crippen LogP contribution in [0.15, 0.2) is 11.6 Å². The van der Waals surface area contributed by atoms with Crippen LogP contribution in [0.2, 0.25) is 2.92 Å². The van der Waals surface area contributed by atoms with Crippen LogP contribution in [0, 0.1) is 29.1 Å². The third-order valence-corrected chi connectivity index (χ3v) is 13.2. The molecule has 0 aromatic rings. The van der Waals surface area contributed by atoms with Gasteiger partial charge in [0, 0.05) is 0 Å². The molecule has 0 aromatic carbocycles. The van der Waals surface area contributed by atoms with Gasteiger partial charge >= 0.3 is 138 Å². The summed E-state index contributed by atoms with van der Waals surface area (Å²) in [6.07, 6.45) is 14.6. The number of hydrogen-bond acceptors (Lipinski definition) is 1. The summed E-state index contributed by atoms with van der Waals surface area (Å²) in [4.78, 5) is 11.8. The summed E-state index contributed by atoms with van der Waals surface area (Å²) in [7, 11) is 0. The molecule has 1 nitrogen and oxygen atoms in total. The van der Waals surface area contributed by atoms with Crippen LogP contribution in [0.1, 0.15) is 57.8 Å². The van der Waals surface area contributed by atoms with Crippen molar-refractivity contribution < 1.29 is 30.9 Å². The zero-order chi connectivity index (χ0) is 13.5. The van der Waals surface area contributed by atoms with Crippen LogP contribution in [-0.2, 0) is 30.9 Å². The van der Waals surface area contributed by atoms with Crippen LogP contribution < -0.4 is 0 Å². The Hall–Kier alpha value is 0.345. The van der Waals surface area contributed by atoms with E-state index < -0.39 is 0 Å². The molecule has 0 aromatic heterocycles. The SMILES string of the molecule is O=C1C=C2CCC3C(CCC45CC4CC[C@@H]35)[C]2([Hg])CC1. The number of allylic oxidation sites excluding steroid dienone is 1. The first kappa shape index (κ1) is 12.8. The summed E-state index contributed by atoms with van der Waals surface area (Å²) < 4.78 is 0.575. The zero-order valence-corrected chi connectivity index (χ0v) is 17.9. The second-order valence-corrected chi connectivity index (χ2v) is 13.4. The monoisotopic (exact) mass is 457 g/mol. The van der Waals surface area contributed by atoms with E-state index >= 15 is 0 Å². The van der Waals surface area contributed by atoms with E-state index in [4.69, 9.17) is 0 Å². The van der Waals surface area contributed by atoms with E-state index in [2.05, 4.69) is 6.08 Å². The number of fused-ring (bicyclic) bond motifs is 4. The molecule has 6 atom stereocenters. The molecule has 0 bridgehead atoms. The fourth-order valence-electron chi connectivity index (χ4n) is 7.03. The molecule has 103 valence electrons. The molecule has 5 aliphatic carbocycles. The number of ketones is 1. The van der Waals surface area contributed by atoms with Crippen molar-refractivity contribution in [3.05, 3.63) is 11.6 Å². The van der Waals surface area contributed by atoms with Crippen LogP contribution in [-0.4, -0.2) is 5.78 Å². The van der Waals surface area contributed by atoms with Gasteiger partial charge in [0.05, 0.1) is 0 Å². The van der Waals surface area contributed by atoms with Crippen molar-refractivity contribution in [3.63, 3.8) is 0 Å². The van der Waals surface area contributed by atoms with E-state index in [1.165, 1.54) is 25.7 Å². The van der Waals surface area contributed by atoms with Gasteiger partial charge in [0.15, 0.2) is 0 Å². The molecule has 5 aliphatic rings. The summed E-state index contributed by atoms with van der Waals surface area (Å²) in [5.74, 6) is 4.67. The van der Waals surface area contributed by atoms with Crippen LogP contribution in [0.3, 0.4) is 0 Å². The average molecular weight is 456 g/mol. The first-order valence-corrected chi connectivity index (χ1v) is 11.5. The Morgan fingerprint density at radius 1 is 1.05 bits per heavy atom. The Morgan fingerprint density at radius 3 is 2.80 bits per heavy atom. The maximum absolute atomic E-state index is 11.8. The van der Waals surface area contributed by atoms with Gasteiger partial charge in [-0.2, -0.15) is 0 Å². The van der Waals surface area contributed by atoms with Crippen molar-refractivity contribution in [1.29, 1.82) is 0 Å². The third-order valence-electron chi connectivity index (χ3n) is 8.05. The number of carbonyl (C=O) groups is 1. The molecular weight excluding hydrogens is 433 g/mol. The fourth-order valence-corrected chi connectivity index (χ4v) is 10.8. The van der Waals surface area contributed by atoms with Crippen molar-refractivity contribution in [2.75, 3.05) is 0 Å². The zero-order valence-electron chi connectivity index (χ0n) is 12.4. The molecule has 4 fully saturated rings. The molecule has 0 N–H and O–H groups in total. The van der Waals surface area contributed by atoms with Crippen LogP contribution in [0.25, 0.3) is 0 Å². The Bertz CT molecular complexity index is 524. The average Bonchev–Trinajstić information content (AvgIpc) is 3.01. The van der Waals surface area contributed by atoms with Crippen molar-refractivity contribution in [1.82, 2.24) is 0 Å². The quantitative estimate of drug-likeness (QED) is 0.500. The summed E-state index contributed by atoms with van der Waals surface area (Å²) >= 11 is 0.788. The maximum atomic E-state index is 11.8. The van der Waals surface area contributed by atoms with Crippen molar-refractivity contribution in [2.45, 2.75) is 60.7 Å². The van der Waals surface area contributed by atoms with Gasteiger partial charge in [-0.05, 0) is 0 Å². The predicted molar refractivity (Wildman–Crippen MR) is 73.7 cm³/mol. The molecule has 1 spiro atoms. The van der Waals surface area contributed by atoms with Gasteiger partial charge in [0.2, 0.25) is 0 Å². The molecule has 0 heterocycles. The van der Waals surface area contributed by atoms with Gasteiger partial charge < -0.3 is 0 Å². The van der Waals surface area contributed by atoms with Gasteiger partial charge in [-0.3, -0.25) is 0 Å². The third kappa shape index (κ3) is 1.47. The van der Waals surface area contributed by atoms with Gasteiger partial charge in [-0.1, -0.05) is 0 Å². The molecule has 0 amide bonds. The van der Waals surface area contributed by atoms with Gasteiger partial charge in [-0.15, -0.1) is 0 Å². The number of hydrogen-bond donors (Lipinski definition) is 0. The minimum atomic E-state index is 0.426. The molecule has 20 heavy (non-hydrogen) atoms. The second kappa shape index (κ2) is 4.00. The van der Waals surface area contributed by atoms with E-state index in [0.29, 0.717) is 8.71 Å². The Morgan fingerprint density at radius 2 is 1.95 bits per heavy atom. The molecule has 0 saturated heterocycles. The summed E-state index contributed by atoms with van der Waals surface area (Å²) in [5.41, 5.74) is 2.46. The normalized spacial score (nSPS) is 56.3. The van der Waals surface area contributed by atoms with Gasteiger partial charge in [0.1, 0.15) is 0 Å². The molecular formula is C18H23HgO. The van der Waals surface area contributed by atoms with E-state index in [9.17, 15) is 4.79 Å². The molecule has 4 saturated carbocycles. The Kier molecular flexibility index (Phi) is 2.57. The minimum absolute atomic E-state index is 0.426. The first-order chi connectivity index (χ1) is 9.63. The molecule has 5 rings (SSSR count). The van der Waals surface area contributed by atoms with Crippen molar-refractivity contribution in [2.24, 2.45) is 29.1 Å². The van der Waals surface area contributed by atoms with E-state index in [1.54, 1.807) is 31.3 Å². The van der Waals surface area contributed by atoms with Gasteiger partial charge in [-0.25, -0.2) is 0 Å². The summed E-state index contributed by atoms with van der Waals surface area (Å²) in [5, 5.41) is 0. The fraction of sp³-hybridized carbons (Fsp3) is 0.833. The molecule has 2 heteroatoms. The topological polar surface area (TPSA) is 17.1 Å². The summed E-state index contributed by atoms with van der Waals surface area (Å²) in [6, 6.07) is 0. The van der Waals surface area contributed by atoms with E-state index in [1.807, 2.05) is 0 Å². The van der Waals surface area contributed by atoms with Crippen LogP contribution in [0.4, 0.5) is 0 Å². The molecule has 0 aliphatic heterocycles. The van der Waals surface area contributed by atoms with Crippen LogP contribution in [0.5, 0.6) is 0 Å². The number of rotatable bonds is 0. The van der Waals surface area contributed by atoms with Crippen molar-refractivity contribution in [3.8, 4) is 0 Å².